The summed E-state index contributed by atoms with van der Waals surface area (Å²) in [6.07, 6.45) is 10.9. The molecule has 1 saturated heterocycles. The van der Waals surface area contributed by atoms with Crippen molar-refractivity contribution in [1.29, 1.82) is 0 Å². The summed E-state index contributed by atoms with van der Waals surface area (Å²) in [5.41, 5.74) is 1.64. The largest absolute Gasteiger partial charge is 0.496 e. The van der Waals surface area contributed by atoms with Crippen molar-refractivity contribution < 1.29 is 14.3 Å². The van der Waals surface area contributed by atoms with Crippen molar-refractivity contribution in [3.05, 3.63) is 46.9 Å². The fourth-order valence-corrected chi connectivity index (χ4v) is 4.37. The van der Waals surface area contributed by atoms with Crippen molar-refractivity contribution in [1.82, 2.24) is 25.6 Å². The maximum absolute atomic E-state index is 11.7. The molecule has 3 N–H and O–H groups in total. The van der Waals surface area contributed by atoms with Crippen molar-refractivity contribution in [2.45, 2.75) is 44.3 Å². The Bertz CT molecular complexity index is 991. The molecule has 0 spiro atoms. The lowest BCUT2D eigenvalue weighted by Gasteiger charge is -2.30. The van der Waals surface area contributed by atoms with Crippen LogP contribution in [0.1, 0.15) is 36.9 Å². The van der Waals surface area contributed by atoms with Crippen LogP contribution in [0.3, 0.4) is 0 Å². The van der Waals surface area contributed by atoms with Gasteiger partial charge in [-0.05, 0) is 55.7 Å². The van der Waals surface area contributed by atoms with Crippen LogP contribution in [0.5, 0.6) is 5.75 Å². The number of hydrogen-bond acceptors (Lipinski definition) is 9. The van der Waals surface area contributed by atoms with Crippen LogP contribution >= 0.6 is 11.8 Å². The van der Waals surface area contributed by atoms with E-state index in [1.807, 2.05) is 12.3 Å². The molecule has 10 heteroatoms. The van der Waals surface area contributed by atoms with Gasteiger partial charge in [-0.1, -0.05) is 0 Å². The fourth-order valence-electron chi connectivity index (χ4n) is 3.70. The summed E-state index contributed by atoms with van der Waals surface area (Å²) in [6.45, 7) is 0.730. The van der Waals surface area contributed by atoms with Gasteiger partial charge in [0.15, 0.2) is 0 Å². The number of pyridine rings is 1. The Morgan fingerprint density at radius 2 is 2.00 bits per heavy atom. The normalized spacial score (nSPS) is 22.4. The molecule has 1 saturated carbocycles. The second kappa shape index (κ2) is 9.88. The van der Waals surface area contributed by atoms with E-state index in [1.165, 1.54) is 0 Å². The molecule has 4 rings (SSSR count). The lowest BCUT2D eigenvalue weighted by Crippen LogP contribution is -2.37. The van der Waals surface area contributed by atoms with Gasteiger partial charge in [0.1, 0.15) is 5.75 Å². The Morgan fingerprint density at radius 1 is 1.19 bits per heavy atom. The Hall–Kier alpha value is -2.98. The first kappa shape index (κ1) is 21.3. The quantitative estimate of drug-likeness (QED) is 0.558. The van der Waals surface area contributed by atoms with E-state index in [0.29, 0.717) is 28.6 Å². The smallest absolute Gasteiger partial charge is 0.290 e. The van der Waals surface area contributed by atoms with E-state index in [9.17, 15) is 9.59 Å². The molecule has 1 aliphatic heterocycles. The number of carbonyl (C=O) groups is 2. The number of ether oxygens (including phenoxy) is 1. The van der Waals surface area contributed by atoms with Gasteiger partial charge in [-0.15, -0.1) is 0 Å². The third-order valence-corrected chi connectivity index (χ3v) is 6.13. The van der Waals surface area contributed by atoms with Crippen LogP contribution in [0.4, 0.5) is 10.7 Å². The minimum Gasteiger partial charge on any atom is -0.496 e. The number of amides is 2. The van der Waals surface area contributed by atoms with Crippen LogP contribution in [0.15, 0.2) is 35.6 Å². The van der Waals surface area contributed by atoms with Gasteiger partial charge in [-0.25, -0.2) is 9.97 Å². The molecule has 0 radical (unpaired) electrons. The highest BCUT2D eigenvalue weighted by Gasteiger charge is 2.25. The summed E-state index contributed by atoms with van der Waals surface area (Å²) in [6, 6.07) is 4.31. The third-order valence-electron chi connectivity index (χ3n) is 5.32. The second-order valence-corrected chi connectivity index (χ2v) is 8.43. The van der Waals surface area contributed by atoms with Gasteiger partial charge in [-0.3, -0.25) is 19.9 Å². The van der Waals surface area contributed by atoms with E-state index in [1.54, 1.807) is 31.6 Å². The number of carbonyl (C=O) groups excluding carboxylic acids is 2. The lowest BCUT2D eigenvalue weighted by molar-refractivity contribution is -0.115. The third kappa shape index (κ3) is 5.59. The standard InChI is InChI=1S/C21H24N6O3S/c1-30-17-7-8-22-11-13(17)12-24-14-2-4-15(5-3-14)25-20-23-9-6-16(26-20)10-18-19(28)27-21(29)31-18/h6-11,14-15,24H,2-5,12H2,1H3,(H,23,25,26)(H,27,28,29). The van der Waals surface area contributed by atoms with Crippen molar-refractivity contribution in [2.75, 3.05) is 12.4 Å². The molecule has 0 unspecified atom stereocenters. The average molecular weight is 441 g/mol. The molecule has 0 atom stereocenters. The van der Waals surface area contributed by atoms with Gasteiger partial charge >= 0.3 is 0 Å². The summed E-state index contributed by atoms with van der Waals surface area (Å²) >= 11 is 0.877. The first-order valence-corrected chi connectivity index (χ1v) is 11.0. The van der Waals surface area contributed by atoms with Gasteiger partial charge in [0.05, 0.1) is 17.7 Å². The first-order valence-electron chi connectivity index (χ1n) is 10.2. The Morgan fingerprint density at radius 3 is 2.74 bits per heavy atom. The SMILES string of the molecule is COc1ccncc1CNC1CCC(Nc2nccc(C=C3SC(=O)NC3=O)n2)CC1. The predicted octanol–water partition coefficient (Wildman–Crippen LogP) is 2.72. The monoisotopic (exact) mass is 440 g/mol. The highest BCUT2D eigenvalue weighted by atomic mass is 32.2. The molecule has 9 nitrogen and oxygen atoms in total. The number of imide groups is 1. The minimum atomic E-state index is -0.391. The number of hydrogen-bond donors (Lipinski definition) is 3. The highest BCUT2D eigenvalue weighted by molar-refractivity contribution is 8.18. The summed E-state index contributed by atoms with van der Waals surface area (Å²) in [7, 11) is 1.67. The van der Waals surface area contributed by atoms with Gasteiger partial charge < -0.3 is 15.4 Å². The van der Waals surface area contributed by atoms with Crippen LogP contribution < -0.4 is 20.7 Å². The zero-order valence-corrected chi connectivity index (χ0v) is 17.9. The number of methoxy groups -OCH3 is 1. The Balaban J connectivity index is 1.28. The van der Waals surface area contributed by atoms with E-state index in [4.69, 9.17) is 4.74 Å². The zero-order valence-electron chi connectivity index (χ0n) is 17.1. The molecule has 2 aromatic heterocycles. The minimum absolute atomic E-state index is 0.291. The van der Waals surface area contributed by atoms with E-state index in [0.717, 1.165) is 55.3 Å². The van der Waals surface area contributed by atoms with Gasteiger partial charge in [0.2, 0.25) is 5.95 Å². The lowest BCUT2D eigenvalue weighted by atomic mass is 9.91. The molecule has 162 valence electrons. The van der Waals surface area contributed by atoms with Crippen LogP contribution in [0.25, 0.3) is 6.08 Å². The number of nitrogens with one attached hydrogen (secondary N) is 3. The summed E-state index contributed by atoms with van der Waals surface area (Å²) in [4.78, 5) is 36.3. The predicted molar refractivity (Wildman–Crippen MR) is 118 cm³/mol. The van der Waals surface area contributed by atoms with E-state index in [2.05, 4.69) is 30.9 Å². The fraction of sp³-hybridized carbons (Fsp3) is 0.381. The van der Waals surface area contributed by atoms with Crippen LogP contribution in [0, 0.1) is 0 Å². The summed E-state index contributed by atoms with van der Waals surface area (Å²) < 4.78 is 5.38. The molecule has 2 aliphatic rings. The first-order chi connectivity index (χ1) is 15.1. The number of thioether (sulfide) groups is 1. The van der Waals surface area contributed by atoms with Crippen molar-refractivity contribution >= 4 is 34.9 Å². The number of rotatable bonds is 7. The van der Waals surface area contributed by atoms with Crippen LogP contribution in [-0.4, -0.2) is 45.3 Å². The molecule has 1 aliphatic carbocycles. The number of nitrogens with zero attached hydrogens (tertiary/aromatic N) is 3. The second-order valence-electron chi connectivity index (χ2n) is 7.42. The van der Waals surface area contributed by atoms with E-state index < -0.39 is 5.91 Å². The number of aromatic nitrogens is 3. The van der Waals surface area contributed by atoms with E-state index >= 15 is 0 Å². The molecule has 2 amide bonds. The highest BCUT2D eigenvalue weighted by Crippen LogP contribution is 2.26. The molecular formula is C21H24N6O3S. The van der Waals surface area contributed by atoms with Gasteiger partial charge in [0, 0.05) is 42.8 Å². The van der Waals surface area contributed by atoms with Crippen molar-refractivity contribution in [2.24, 2.45) is 0 Å². The van der Waals surface area contributed by atoms with Crippen LogP contribution in [-0.2, 0) is 11.3 Å². The van der Waals surface area contributed by atoms with Crippen molar-refractivity contribution in [3.63, 3.8) is 0 Å². The molecule has 3 heterocycles. The molecule has 0 bridgehead atoms. The average Bonchev–Trinajstić information content (AvgIpc) is 3.10. The molecule has 2 aromatic rings. The maximum Gasteiger partial charge on any atom is 0.290 e. The Kier molecular flexibility index (Phi) is 6.78. The van der Waals surface area contributed by atoms with Crippen molar-refractivity contribution in [3.8, 4) is 5.75 Å². The van der Waals surface area contributed by atoms with Crippen LogP contribution in [0.2, 0.25) is 0 Å². The molecular weight excluding hydrogens is 416 g/mol. The topological polar surface area (TPSA) is 118 Å². The molecule has 31 heavy (non-hydrogen) atoms. The maximum atomic E-state index is 11.7. The van der Waals surface area contributed by atoms with E-state index in [-0.39, 0.29) is 5.24 Å². The summed E-state index contributed by atoms with van der Waals surface area (Å²) in [5.74, 6) is 0.987. The summed E-state index contributed by atoms with van der Waals surface area (Å²) in [5, 5.41) is 8.87. The van der Waals surface area contributed by atoms with Gasteiger partial charge in [0.25, 0.3) is 11.1 Å². The zero-order chi connectivity index (χ0) is 21.6. The molecule has 0 aromatic carbocycles. The number of anilines is 1. The van der Waals surface area contributed by atoms with Gasteiger partial charge in [-0.2, -0.15) is 0 Å². The Labute approximate surface area is 184 Å². The molecule has 2 fully saturated rings.